The number of sulfonamides is 1. The maximum atomic E-state index is 13.9. The number of aryl methyl sites for hydroxylation is 1. The van der Waals surface area contributed by atoms with E-state index in [1.54, 1.807) is 36.4 Å². The van der Waals surface area contributed by atoms with Gasteiger partial charge < -0.3 is 19.7 Å². The van der Waals surface area contributed by atoms with Gasteiger partial charge in [-0.2, -0.15) is 0 Å². The van der Waals surface area contributed by atoms with Gasteiger partial charge in [0.25, 0.3) is 10.0 Å². The number of carbonyl (C=O) groups excluding carboxylic acids is 2. The number of anilines is 1. The van der Waals surface area contributed by atoms with Gasteiger partial charge in [-0.25, -0.2) is 8.42 Å². The van der Waals surface area contributed by atoms with Crippen molar-refractivity contribution in [1.82, 2.24) is 10.2 Å². The number of amides is 2. The molecule has 0 bridgehead atoms. The van der Waals surface area contributed by atoms with Crippen LogP contribution in [0.25, 0.3) is 0 Å². The molecule has 3 aromatic rings. The van der Waals surface area contributed by atoms with E-state index in [1.807, 2.05) is 6.92 Å². The van der Waals surface area contributed by atoms with Gasteiger partial charge in [-0.05, 0) is 50.2 Å². The van der Waals surface area contributed by atoms with Gasteiger partial charge in [-0.1, -0.05) is 47.0 Å². The second-order valence-electron chi connectivity index (χ2n) is 8.88. The third kappa shape index (κ3) is 6.80. The first-order valence-corrected chi connectivity index (χ1v) is 14.4. The molecule has 0 fully saturated rings. The van der Waals surface area contributed by atoms with Crippen molar-refractivity contribution in [3.05, 3.63) is 81.8 Å². The Kier molecular flexibility index (Phi) is 10.3. The Morgan fingerprint density at radius 3 is 2.10 bits per heavy atom. The number of hydrogen-bond acceptors (Lipinski definition) is 6. The molecule has 12 heteroatoms. The Hall–Kier alpha value is -3.47. The highest BCUT2D eigenvalue weighted by Gasteiger charge is 2.33. The van der Waals surface area contributed by atoms with E-state index in [2.05, 4.69) is 5.32 Å². The van der Waals surface area contributed by atoms with Crippen LogP contribution in [0.15, 0.2) is 65.6 Å². The van der Waals surface area contributed by atoms with Crippen LogP contribution in [0.2, 0.25) is 10.0 Å². The van der Waals surface area contributed by atoms with E-state index in [1.165, 1.54) is 57.4 Å². The first kappa shape index (κ1) is 31.1. The molecule has 9 nitrogen and oxygen atoms in total. The Morgan fingerprint density at radius 2 is 1.55 bits per heavy atom. The minimum Gasteiger partial charge on any atom is -0.493 e. The molecule has 0 radical (unpaired) electrons. The summed E-state index contributed by atoms with van der Waals surface area (Å²) in [5, 5.41) is 3.14. The predicted octanol–water partition coefficient (Wildman–Crippen LogP) is 4.68. The number of carbonyl (C=O) groups is 2. The number of nitrogens with zero attached hydrogens (tertiary/aromatic N) is 2. The minimum absolute atomic E-state index is 0.0132. The number of hydrogen-bond donors (Lipinski definition) is 1. The lowest BCUT2D eigenvalue weighted by atomic mass is 10.1. The summed E-state index contributed by atoms with van der Waals surface area (Å²) in [6.45, 7) is 2.62. The van der Waals surface area contributed by atoms with Crippen molar-refractivity contribution < 1.29 is 27.5 Å². The van der Waals surface area contributed by atoms with Crippen molar-refractivity contribution in [2.24, 2.45) is 0 Å². The molecular weight excluding hydrogens is 577 g/mol. The normalized spacial score (nSPS) is 11.9. The SMILES string of the molecule is CNC(=O)C(C)N(Cc1c(Cl)cccc1Cl)C(=O)CN(c1ccc(OC)c(OC)c1)S(=O)(=O)c1ccc(C)cc1. The number of rotatable bonds is 11. The second kappa shape index (κ2) is 13.3. The zero-order chi connectivity index (χ0) is 29.6. The lowest BCUT2D eigenvalue weighted by Gasteiger charge is -2.32. The Morgan fingerprint density at radius 1 is 0.950 bits per heavy atom. The zero-order valence-corrected chi connectivity index (χ0v) is 25.1. The van der Waals surface area contributed by atoms with Crippen LogP contribution in [0.1, 0.15) is 18.1 Å². The Labute approximate surface area is 244 Å². The van der Waals surface area contributed by atoms with Gasteiger partial charge in [0.15, 0.2) is 11.5 Å². The van der Waals surface area contributed by atoms with E-state index in [-0.39, 0.29) is 22.9 Å². The molecule has 2 amide bonds. The molecule has 1 atom stereocenters. The third-order valence-corrected chi connectivity index (χ3v) is 8.84. The highest BCUT2D eigenvalue weighted by Crippen LogP contribution is 2.34. The topological polar surface area (TPSA) is 105 Å². The average molecular weight is 609 g/mol. The molecule has 3 aromatic carbocycles. The number of nitrogens with one attached hydrogen (secondary N) is 1. The highest BCUT2D eigenvalue weighted by atomic mass is 35.5. The minimum atomic E-state index is -4.25. The molecule has 3 rings (SSSR count). The number of likely N-dealkylation sites (N-methyl/N-ethyl adjacent to an activating group) is 1. The molecule has 0 saturated heterocycles. The number of ether oxygens (including phenoxy) is 2. The van der Waals surface area contributed by atoms with Crippen molar-refractivity contribution in [1.29, 1.82) is 0 Å². The van der Waals surface area contributed by atoms with Crippen LogP contribution in [0.5, 0.6) is 11.5 Å². The molecular formula is C28H31Cl2N3O6S. The number of benzene rings is 3. The van der Waals surface area contributed by atoms with E-state index in [0.717, 1.165) is 9.87 Å². The van der Waals surface area contributed by atoms with Crippen LogP contribution < -0.4 is 19.1 Å². The lowest BCUT2D eigenvalue weighted by Crippen LogP contribution is -2.50. The molecule has 0 aliphatic heterocycles. The summed E-state index contributed by atoms with van der Waals surface area (Å²) in [4.78, 5) is 27.8. The molecule has 1 unspecified atom stereocenters. The van der Waals surface area contributed by atoms with Crippen molar-refractivity contribution in [2.45, 2.75) is 31.3 Å². The molecule has 1 N–H and O–H groups in total. The van der Waals surface area contributed by atoms with Gasteiger partial charge in [0.05, 0.1) is 24.8 Å². The summed E-state index contributed by atoms with van der Waals surface area (Å²) in [6, 6.07) is 14.7. The van der Waals surface area contributed by atoms with Crippen molar-refractivity contribution in [3.8, 4) is 11.5 Å². The number of methoxy groups -OCH3 is 2. The summed E-state index contributed by atoms with van der Waals surface area (Å²) in [7, 11) is 0.0787. The van der Waals surface area contributed by atoms with Crippen LogP contribution in [0, 0.1) is 6.92 Å². The van der Waals surface area contributed by atoms with E-state index < -0.39 is 34.4 Å². The Balaban J connectivity index is 2.12. The maximum absolute atomic E-state index is 13.9. The zero-order valence-electron chi connectivity index (χ0n) is 22.8. The van der Waals surface area contributed by atoms with Gasteiger partial charge in [0.2, 0.25) is 11.8 Å². The van der Waals surface area contributed by atoms with E-state index >= 15 is 0 Å². The third-order valence-electron chi connectivity index (χ3n) is 6.35. The van der Waals surface area contributed by atoms with Crippen LogP contribution in [-0.2, 0) is 26.2 Å². The van der Waals surface area contributed by atoms with Crippen LogP contribution in [0.4, 0.5) is 5.69 Å². The maximum Gasteiger partial charge on any atom is 0.264 e. The predicted molar refractivity (Wildman–Crippen MR) is 156 cm³/mol. The summed E-state index contributed by atoms with van der Waals surface area (Å²) < 4.78 is 39.5. The molecule has 40 heavy (non-hydrogen) atoms. The molecule has 0 aromatic heterocycles. The summed E-state index contributed by atoms with van der Waals surface area (Å²) in [5.74, 6) is -0.448. The molecule has 214 valence electrons. The monoisotopic (exact) mass is 607 g/mol. The van der Waals surface area contributed by atoms with Gasteiger partial charge in [-0.3, -0.25) is 13.9 Å². The first-order chi connectivity index (χ1) is 18.9. The molecule has 0 spiro atoms. The van der Waals surface area contributed by atoms with Crippen LogP contribution in [0.3, 0.4) is 0 Å². The quantitative estimate of drug-likeness (QED) is 0.339. The second-order valence-corrected chi connectivity index (χ2v) is 11.6. The summed E-state index contributed by atoms with van der Waals surface area (Å²) in [6.07, 6.45) is 0. The number of halogens is 2. The summed E-state index contributed by atoms with van der Waals surface area (Å²) >= 11 is 12.7. The lowest BCUT2D eigenvalue weighted by molar-refractivity contribution is -0.139. The molecule has 0 heterocycles. The van der Waals surface area contributed by atoms with E-state index in [4.69, 9.17) is 32.7 Å². The van der Waals surface area contributed by atoms with Gasteiger partial charge >= 0.3 is 0 Å². The fraction of sp³-hybridized carbons (Fsp3) is 0.286. The van der Waals surface area contributed by atoms with Gasteiger partial charge in [0.1, 0.15) is 12.6 Å². The van der Waals surface area contributed by atoms with E-state index in [0.29, 0.717) is 21.4 Å². The molecule has 0 saturated carbocycles. The highest BCUT2D eigenvalue weighted by molar-refractivity contribution is 7.92. The van der Waals surface area contributed by atoms with Crippen molar-refractivity contribution in [2.75, 3.05) is 32.1 Å². The summed E-state index contributed by atoms with van der Waals surface area (Å²) in [5.41, 5.74) is 1.46. The van der Waals surface area contributed by atoms with E-state index in [9.17, 15) is 18.0 Å². The fourth-order valence-corrected chi connectivity index (χ4v) is 5.91. The van der Waals surface area contributed by atoms with Crippen LogP contribution in [-0.4, -0.2) is 59.0 Å². The first-order valence-electron chi connectivity index (χ1n) is 12.2. The van der Waals surface area contributed by atoms with Crippen molar-refractivity contribution >= 4 is 50.7 Å². The average Bonchev–Trinajstić information content (AvgIpc) is 2.94. The largest absolute Gasteiger partial charge is 0.493 e. The Bertz CT molecular complexity index is 1460. The standard InChI is InChI=1S/C28H31Cl2N3O6S/c1-18-9-12-21(13-10-18)40(36,37)33(20-11-14-25(38-4)26(15-20)39-5)17-27(34)32(19(2)28(35)31-3)16-22-23(29)7-6-8-24(22)30/h6-15,19H,16-17H2,1-5H3,(H,31,35). The van der Waals surface area contributed by atoms with Crippen molar-refractivity contribution in [3.63, 3.8) is 0 Å². The molecule has 0 aliphatic rings. The smallest absolute Gasteiger partial charge is 0.264 e. The fourth-order valence-electron chi connectivity index (χ4n) is 3.99. The molecule has 0 aliphatic carbocycles. The van der Waals surface area contributed by atoms with Gasteiger partial charge in [0, 0.05) is 35.3 Å². The van der Waals surface area contributed by atoms with Crippen LogP contribution >= 0.6 is 23.2 Å². The van der Waals surface area contributed by atoms with Gasteiger partial charge in [-0.15, -0.1) is 0 Å².